The second kappa shape index (κ2) is 6.08. The standard InChI is InChI=1S/C13H15F2NO3/c14-8-3-4-10(15)9(6-8)11(17)7-16-13(18)12-2-1-5-19-12/h3-4,6,11-12,17H,1-2,5,7H2,(H,16,18). The van der Waals surface area contributed by atoms with Crippen molar-refractivity contribution in [1.29, 1.82) is 0 Å². The van der Waals surface area contributed by atoms with E-state index in [1.54, 1.807) is 0 Å². The van der Waals surface area contributed by atoms with Crippen molar-refractivity contribution in [3.05, 3.63) is 35.4 Å². The van der Waals surface area contributed by atoms with Crippen LogP contribution in [0.25, 0.3) is 0 Å². The first kappa shape index (κ1) is 13.9. The fourth-order valence-corrected chi connectivity index (χ4v) is 1.98. The van der Waals surface area contributed by atoms with E-state index in [2.05, 4.69) is 5.32 Å². The van der Waals surface area contributed by atoms with E-state index < -0.39 is 23.8 Å². The Bertz CT molecular complexity index is 461. The molecule has 1 saturated heterocycles. The van der Waals surface area contributed by atoms with E-state index in [1.165, 1.54) is 0 Å². The number of carbonyl (C=O) groups excluding carboxylic acids is 1. The normalized spacial score (nSPS) is 20.3. The Labute approximate surface area is 109 Å². The maximum atomic E-state index is 13.4. The fraction of sp³-hybridized carbons (Fsp3) is 0.462. The average molecular weight is 271 g/mol. The number of hydrogen-bond donors (Lipinski definition) is 2. The predicted octanol–water partition coefficient (Wildman–Crippen LogP) is 1.29. The molecule has 1 aromatic rings. The molecule has 19 heavy (non-hydrogen) atoms. The first-order valence-electron chi connectivity index (χ1n) is 6.10. The van der Waals surface area contributed by atoms with E-state index in [9.17, 15) is 18.7 Å². The first-order valence-corrected chi connectivity index (χ1v) is 6.10. The molecule has 1 heterocycles. The van der Waals surface area contributed by atoms with Crippen LogP contribution in [-0.4, -0.2) is 30.3 Å². The number of aliphatic hydroxyl groups is 1. The summed E-state index contributed by atoms with van der Waals surface area (Å²) in [6, 6.07) is 2.82. The average Bonchev–Trinajstić information content (AvgIpc) is 2.92. The van der Waals surface area contributed by atoms with E-state index in [4.69, 9.17) is 4.74 Å². The van der Waals surface area contributed by atoms with Gasteiger partial charge in [-0.25, -0.2) is 8.78 Å². The van der Waals surface area contributed by atoms with Crippen molar-refractivity contribution in [3.63, 3.8) is 0 Å². The van der Waals surface area contributed by atoms with Crippen molar-refractivity contribution in [1.82, 2.24) is 5.32 Å². The Morgan fingerprint density at radius 2 is 2.32 bits per heavy atom. The lowest BCUT2D eigenvalue weighted by Crippen LogP contribution is -2.36. The molecule has 104 valence electrons. The molecule has 1 aliphatic rings. The molecule has 0 aromatic heterocycles. The molecule has 0 spiro atoms. The molecule has 1 aromatic carbocycles. The summed E-state index contributed by atoms with van der Waals surface area (Å²) >= 11 is 0. The van der Waals surface area contributed by atoms with Crippen LogP contribution in [0.5, 0.6) is 0 Å². The number of amides is 1. The summed E-state index contributed by atoms with van der Waals surface area (Å²) in [5.41, 5.74) is -0.173. The molecular formula is C13H15F2NO3. The number of benzene rings is 1. The van der Waals surface area contributed by atoms with Gasteiger partial charge >= 0.3 is 0 Å². The molecule has 4 nitrogen and oxygen atoms in total. The third-order valence-electron chi connectivity index (χ3n) is 3.01. The highest BCUT2D eigenvalue weighted by atomic mass is 19.1. The van der Waals surface area contributed by atoms with E-state index in [-0.39, 0.29) is 18.0 Å². The number of aliphatic hydroxyl groups excluding tert-OH is 1. The van der Waals surface area contributed by atoms with Crippen LogP contribution in [0.2, 0.25) is 0 Å². The zero-order valence-electron chi connectivity index (χ0n) is 10.2. The summed E-state index contributed by atoms with van der Waals surface area (Å²) in [5, 5.41) is 12.2. The van der Waals surface area contributed by atoms with Gasteiger partial charge in [-0.2, -0.15) is 0 Å². The van der Waals surface area contributed by atoms with Crippen LogP contribution in [0.1, 0.15) is 24.5 Å². The van der Waals surface area contributed by atoms with E-state index in [0.717, 1.165) is 24.6 Å². The van der Waals surface area contributed by atoms with Crippen molar-refractivity contribution >= 4 is 5.91 Å². The van der Waals surface area contributed by atoms with Crippen LogP contribution >= 0.6 is 0 Å². The Kier molecular flexibility index (Phi) is 4.44. The Morgan fingerprint density at radius 1 is 1.53 bits per heavy atom. The van der Waals surface area contributed by atoms with Crippen LogP contribution < -0.4 is 5.32 Å². The Morgan fingerprint density at radius 3 is 3.00 bits per heavy atom. The molecule has 6 heteroatoms. The third kappa shape index (κ3) is 3.48. The zero-order chi connectivity index (χ0) is 13.8. The summed E-state index contributed by atoms with van der Waals surface area (Å²) in [6.07, 6.45) is -0.347. The number of nitrogens with one attached hydrogen (secondary N) is 1. The summed E-state index contributed by atoms with van der Waals surface area (Å²) in [6.45, 7) is 0.359. The lowest BCUT2D eigenvalue weighted by Gasteiger charge is -2.15. The van der Waals surface area contributed by atoms with Gasteiger partial charge in [0.05, 0.1) is 6.10 Å². The van der Waals surface area contributed by atoms with Gasteiger partial charge in [0.2, 0.25) is 5.91 Å². The number of hydrogen-bond acceptors (Lipinski definition) is 3. The molecular weight excluding hydrogens is 256 g/mol. The zero-order valence-corrected chi connectivity index (χ0v) is 10.2. The smallest absolute Gasteiger partial charge is 0.249 e. The molecule has 0 aliphatic carbocycles. The SMILES string of the molecule is O=C(NCC(O)c1cc(F)ccc1F)C1CCCO1. The number of ether oxygens (including phenoxy) is 1. The maximum absolute atomic E-state index is 13.4. The highest BCUT2D eigenvalue weighted by molar-refractivity contribution is 5.80. The minimum atomic E-state index is -1.29. The van der Waals surface area contributed by atoms with Gasteiger partial charge in [-0.15, -0.1) is 0 Å². The molecule has 0 saturated carbocycles. The van der Waals surface area contributed by atoms with Crippen molar-refractivity contribution < 1.29 is 23.4 Å². The fourth-order valence-electron chi connectivity index (χ4n) is 1.98. The summed E-state index contributed by atoms with van der Waals surface area (Å²) in [7, 11) is 0. The summed E-state index contributed by atoms with van der Waals surface area (Å²) in [5.74, 6) is -1.69. The molecule has 2 unspecified atom stereocenters. The number of halogens is 2. The molecule has 1 fully saturated rings. The van der Waals surface area contributed by atoms with Gasteiger partial charge in [0, 0.05) is 18.7 Å². The van der Waals surface area contributed by atoms with Gasteiger partial charge in [0.15, 0.2) is 0 Å². The predicted molar refractivity (Wildman–Crippen MR) is 63.3 cm³/mol. The van der Waals surface area contributed by atoms with Gasteiger partial charge in [-0.05, 0) is 31.0 Å². The minimum absolute atomic E-state index is 0.173. The second-order valence-corrected chi connectivity index (χ2v) is 4.43. The topological polar surface area (TPSA) is 58.6 Å². The van der Waals surface area contributed by atoms with Gasteiger partial charge in [-0.3, -0.25) is 4.79 Å². The minimum Gasteiger partial charge on any atom is -0.386 e. The van der Waals surface area contributed by atoms with Crippen LogP contribution in [0, 0.1) is 11.6 Å². The Hall–Kier alpha value is -1.53. The monoisotopic (exact) mass is 271 g/mol. The van der Waals surface area contributed by atoms with Gasteiger partial charge in [0.25, 0.3) is 0 Å². The molecule has 0 radical (unpaired) electrons. The van der Waals surface area contributed by atoms with Gasteiger partial charge in [0.1, 0.15) is 17.7 Å². The Balaban J connectivity index is 1.91. The highest BCUT2D eigenvalue weighted by Crippen LogP contribution is 2.18. The van der Waals surface area contributed by atoms with Crippen LogP contribution in [0.15, 0.2) is 18.2 Å². The van der Waals surface area contributed by atoms with Crippen molar-refractivity contribution in [2.24, 2.45) is 0 Å². The first-order chi connectivity index (χ1) is 9.08. The van der Waals surface area contributed by atoms with Crippen molar-refractivity contribution in [3.8, 4) is 0 Å². The lowest BCUT2D eigenvalue weighted by molar-refractivity contribution is -0.130. The number of rotatable bonds is 4. The van der Waals surface area contributed by atoms with Crippen LogP contribution in [0.4, 0.5) is 8.78 Å². The third-order valence-corrected chi connectivity index (χ3v) is 3.01. The molecule has 2 rings (SSSR count). The van der Waals surface area contributed by atoms with E-state index in [0.29, 0.717) is 13.0 Å². The molecule has 1 amide bonds. The van der Waals surface area contributed by atoms with E-state index >= 15 is 0 Å². The number of carbonyl (C=O) groups is 1. The summed E-state index contributed by atoms with van der Waals surface area (Å²) in [4.78, 5) is 11.6. The highest BCUT2D eigenvalue weighted by Gasteiger charge is 2.24. The quantitative estimate of drug-likeness (QED) is 0.867. The largest absolute Gasteiger partial charge is 0.386 e. The maximum Gasteiger partial charge on any atom is 0.249 e. The van der Waals surface area contributed by atoms with Gasteiger partial charge < -0.3 is 15.2 Å². The summed E-state index contributed by atoms with van der Waals surface area (Å²) < 4.78 is 31.5. The van der Waals surface area contributed by atoms with Crippen LogP contribution in [-0.2, 0) is 9.53 Å². The lowest BCUT2D eigenvalue weighted by atomic mass is 10.1. The molecule has 0 bridgehead atoms. The van der Waals surface area contributed by atoms with Crippen molar-refractivity contribution in [2.75, 3.05) is 13.2 Å². The molecule has 2 N–H and O–H groups in total. The van der Waals surface area contributed by atoms with Gasteiger partial charge in [-0.1, -0.05) is 0 Å². The molecule has 2 atom stereocenters. The van der Waals surface area contributed by atoms with E-state index in [1.807, 2.05) is 0 Å². The molecule has 1 aliphatic heterocycles. The second-order valence-electron chi connectivity index (χ2n) is 4.43. The van der Waals surface area contributed by atoms with Crippen molar-refractivity contribution in [2.45, 2.75) is 25.0 Å². The van der Waals surface area contributed by atoms with Crippen LogP contribution in [0.3, 0.4) is 0 Å².